The zero-order valence-electron chi connectivity index (χ0n) is 7.57. The van der Waals surface area contributed by atoms with E-state index < -0.39 is 5.91 Å². The summed E-state index contributed by atoms with van der Waals surface area (Å²) in [6, 6.07) is 7.32. The standard InChI is InChI=1S/C10H7BrN2O2/c11-8-5-12-9(10(14)13-15)7-4-2-1-3-6(7)8/h1-5,15H,(H,13,14). The van der Waals surface area contributed by atoms with Gasteiger partial charge in [-0.25, -0.2) is 10.5 Å². The van der Waals surface area contributed by atoms with Gasteiger partial charge in [0, 0.05) is 16.1 Å². The third-order valence-electron chi connectivity index (χ3n) is 2.06. The van der Waals surface area contributed by atoms with Gasteiger partial charge in [0.05, 0.1) is 0 Å². The molecule has 0 unspecified atom stereocenters. The summed E-state index contributed by atoms with van der Waals surface area (Å²) in [6.45, 7) is 0. The minimum absolute atomic E-state index is 0.205. The van der Waals surface area contributed by atoms with Crippen molar-refractivity contribution >= 4 is 32.6 Å². The number of carbonyl (C=O) groups is 1. The number of aromatic nitrogens is 1. The molecule has 0 spiro atoms. The van der Waals surface area contributed by atoms with Gasteiger partial charge in [0.1, 0.15) is 5.69 Å². The zero-order valence-corrected chi connectivity index (χ0v) is 9.15. The van der Waals surface area contributed by atoms with Crippen molar-refractivity contribution in [3.8, 4) is 0 Å². The zero-order chi connectivity index (χ0) is 10.8. The Labute approximate surface area is 94.0 Å². The van der Waals surface area contributed by atoms with Crippen LogP contribution in [0.25, 0.3) is 10.8 Å². The van der Waals surface area contributed by atoms with Crippen LogP contribution in [0.15, 0.2) is 34.9 Å². The van der Waals surface area contributed by atoms with E-state index in [2.05, 4.69) is 20.9 Å². The van der Waals surface area contributed by atoms with E-state index in [1.807, 2.05) is 18.2 Å². The van der Waals surface area contributed by atoms with Crippen LogP contribution in [-0.2, 0) is 0 Å². The molecule has 1 amide bonds. The van der Waals surface area contributed by atoms with E-state index in [1.165, 1.54) is 6.20 Å². The Morgan fingerprint density at radius 1 is 1.33 bits per heavy atom. The van der Waals surface area contributed by atoms with Crippen molar-refractivity contribution in [1.29, 1.82) is 0 Å². The molecule has 4 nitrogen and oxygen atoms in total. The Morgan fingerprint density at radius 2 is 2.00 bits per heavy atom. The molecule has 0 aliphatic rings. The van der Waals surface area contributed by atoms with Crippen molar-refractivity contribution < 1.29 is 10.0 Å². The number of benzene rings is 1. The summed E-state index contributed by atoms with van der Waals surface area (Å²) in [5, 5.41) is 10.1. The van der Waals surface area contributed by atoms with Crippen molar-refractivity contribution in [2.24, 2.45) is 0 Å². The molecule has 2 aromatic rings. The number of rotatable bonds is 1. The predicted molar refractivity (Wildman–Crippen MR) is 58.7 cm³/mol. The third kappa shape index (κ3) is 1.71. The highest BCUT2D eigenvalue weighted by Gasteiger charge is 2.11. The predicted octanol–water partition coefficient (Wildman–Crippen LogP) is 2.12. The van der Waals surface area contributed by atoms with Crippen LogP contribution < -0.4 is 5.48 Å². The summed E-state index contributed by atoms with van der Waals surface area (Å²) < 4.78 is 0.813. The fraction of sp³-hybridized carbons (Fsp3) is 0. The van der Waals surface area contributed by atoms with E-state index in [1.54, 1.807) is 11.5 Å². The summed E-state index contributed by atoms with van der Waals surface area (Å²) in [4.78, 5) is 15.3. The first-order chi connectivity index (χ1) is 7.24. The van der Waals surface area contributed by atoms with Gasteiger partial charge in [-0.1, -0.05) is 24.3 Å². The quantitative estimate of drug-likeness (QED) is 0.614. The molecule has 1 aromatic carbocycles. The fourth-order valence-corrected chi connectivity index (χ4v) is 1.84. The van der Waals surface area contributed by atoms with E-state index >= 15 is 0 Å². The summed E-state index contributed by atoms with van der Waals surface area (Å²) in [7, 11) is 0. The second kappa shape index (κ2) is 3.96. The largest absolute Gasteiger partial charge is 0.293 e. The van der Waals surface area contributed by atoms with Crippen LogP contribution in [0.4, 0.5) is 0 Å². The van der Waals surface area contributed by atoms with E-state index in [4.69, 9.17) is 5.21 Å². The Bertz CT molecular complexity index is 528. The van der Waals surface area contributed by atoms with Crippen molar-refractivity contribution in [1.82, 2.24) is 10.5 Å². The van der Waals surface area contributed by atoms with Crippen molar-refractivity contribution in [3.63, 3.8) is 0 Å². The number of nitrogens with zero attached hydrogens (tertiary/aromatic N) is 1. The van der Waals surface area contributed by atoms with Crippen LogP contribution in [0.3, 0.4) is 0 Å². The maximum absolute atomic E-state index is 11.3. The average molecular weight is 267 g/mol. The van der Waals surface area contributed by atoms with Crippen LogP contribution in [-0.4, -0.2) is 16.1 Å². The Hall–Kier alpha value is -1.46. The van der Waals surface area contributed by atoms with Gasteiger partial charge in [0.25, 0.3) is 5.91 Å². The molecule has 15 heavy (non-hydrogen) atoms. The van der Waals surface area contributed by atoms with Gasteiger partial charge >= 0.3 is 0 Å². The topological polar surface area (TPSA) is 62.2 Å². The molecule has 2 N–H and O–H groups in total. The third-order valence-corrected chi connectivity index (χ3v) is 2.70. The van der Waals surface area contributed by atoms with Gasteiger partial charge in [-0.2, -0.15) is 0 Å². The lowest BCUT2D eigenvalue weighted by Gasteiger charge is -2.04. The van der Waals surface area contributed by atoms with Gasteiger partial charge in [-0.15, -0.1) is 0 Å². The van der Waals surface area contributed by atoms with Gasteiger partial charge in [-0.3, -0.25) is 10.0 Å². The molecule has 1 aromatic heterocycles. The number of hydrogen-bond acceptors (Lipinski definition) is 3. The molecule has 0 aliphatic heterocycles. The maximum Gasteiger partial charge on any atom is 0.293 e. The monoisotopic (exact) mass is 266 g/mol. The van der Waals surface area contributed by atoms with E-state index in [-0.39, 0.29) is 5.69 Å². The van der Waals surface area contributed by atoms with Crippen molar-refractivity contribution in [3.05, 3.63) is 40.6 Å². The SMILES string of the molecule is O=C(NO)c1ncc(Br)c2ccccc12. The Kier molecular flexibility index (Phi) is 2.66. The van der Waals surface area contributed by atoms with Crippen molar-refractivity contribution in [2.75, 3.05) is 0 Å². The van der Waals surface area contributed by atoms with Crippen LogP contribution in [0, 0.1) is 0 Å². The molecular formula is C10H7BrN2O2. The molecule has 0 saturated heterocycles. The molecule has 0 fully saturated rings. The van der Waals surface area contributed by atoms with E-state index in [0.717, 1.165) is 9.86 Å². The van der Waals surface area contributed by atoms with Crippen LogP contribution in [0.2, 0.25) is 0 Å². The minimum Gasteiger partial charge on any atom is -0.288 e. The maximum atomic E-state index is 11.3. The molecule has 2 rings (SSSR count). The van der Waals surface area contributed by atoms with Gasteiger partial charge in [0.2, 0.25) is 0 Å². The molecule has 0 bridgehead atoms. The first-order valence-electron chi connectivity index (χ1n) is 4.21. The molecule has 0 atom stereocenters. The summed E-state index contributed by atoms with van der Waals surface area (Å²) >= 11 is 3.35. The van der Waals surface area contributed by atoms with E-state index in [9.17, 15) is 4.79 Å². The second-order valence-corrected chi connectivity index (χ2v) is 3.80. The Morgan fingerprint density at radius 3 is 2.67 bits per heavy atom. The molecule has 76 valence electrons. The summed E-state index contributed by atoms with van der Waals surface area (Å²) in [5.41, 5.74) is 1.78. The Balaban J connectivity index is 2.77. The van der Waals surface area contributed by atoms with E-state index in [0.29, 0.717) is 5.39 Å². The number of amides is 1. The number of hydroxylamine groups is 1. The first kappa shape index (κ1) is 10.1. The van der Waals surface area contributed by atoms with Gasteiger partial charge < -0.3 is 0 Å². The lowest BCUT2D eigenvalue weighted by Crippen LogP contribution is -2.20. The number of fused-ring (bicyclic) bond motifs is 1. The summed E-state index contributed by atoms with van der Waals surface area (Å²) in [5.74, 6) is -0.612. The highest BCUT2D eigenvalue weighted by Crippen LogP contribution is 2.24. The number of carbonyl (C=O) groups excluding carboxylic acids is 1. The highest BCUT2D eigenvalue weighted by atomic mass is 79.9. The average Bonchev–Trinajstić information content (AvgIpc) is 2.29. The van der Waals surface area contributed by atoms with Crippen LogP contribution >= 0.6 is 15.9 Å². The lowest BCUT2D eigenvalue weighted by atomic mass is 10.1. The molecule has 1 heterocycles. The van der Waals surface area contributed by atoms with Crippen LogP contribution in [0.5, 0.6) is 0 Å². The second-order valence-electron chi connectivity index (χ2n) is 2.94. The van der Waals surface area contributed by atoms with Gasteiger partial charge in [-0.05, 0) is 21.3 Å². The van der Waals surface area contributed by atoms with Crippen molar-refractivity contribution in [2.45, 2.75) is 0 Å². The number of pyridine rings is 1. The molecule has 0 saturated carbocycles. The van der Waals surface area contributed by atoms with Gasteiger partial charge in [0.15, 0.2) is 0 Å². The lowest BCUT2D eigenvalue weighted by molar-refractivity contribution is 0.0703. The molecule has 0 radical (unpaired) electrons. The van der Waals surface area contributed by atoms with Crippen LogP contribution in [0.1, 0.15) is 10.5 Å². The summed E-state index contributed by atoms with van der Waals surface area (Å²) in [6.07, 6.45) is 1.53. The first-order valence-corrected chi connectivity index (χ1v) is 5.01. The smallest absolute Gasteiger partial charge is 0.288 e. The number of halogens is 1. The number of hydrogen-bond donors (Lipinski definition) is 2. The normalized spacial score (nSPS) is 10.3. The fourth-order valence-electron chi connectivity index (χ4n) is 1.39. The molecule has 0 aliphatic carbocycles. The molecular weight excluding hydrogens is 260 g/mol. The number of nitrogens with one attached hydrogen (secondary N) is 1. The highest BCUT2D eigenvalue weighted by molar-refractivity contribution is 9.10. The molecule has 5 heteroatoms. The minimum atomic E-state index is -0.612.